The van der Waals surface area contributed by atoms with Gasteiger partial charge in [-0.3, -0.25) is 10.1 Å². The number of rotatable bonds is 6. The van der Waals surface area contributed by atoms with Crippen LogP contribution < -0.4 is 10.1 Å². The van der Waals surface area contributed by atoms with Crippen molar-refractivity contribution in [3.8, 4) is 5.75 Å². The maximum atomic E-state index is 11.0. The molecule has 0 unspecified atom stereocenters. The fraction of sp³-hybridized carbons (Fsp3) is 0.286. The van der Waals surface area contributed by atoms with Gasteiger partial charge in [-0.15, -0.1) is 0 Å². The molecule has 20 heavy (non-hydrogen) atoms. The van der Waals surface area contributed by atoms with E-state index in [2.05, 4.69) is 5.32 Å². The van der Waals surface area contributed by atoms with Gasteiger partial charge in [0.15, 0.2) is 0 Å². The van der Waals surface area contributed by atoms with Crippen LogP contribution in [0.15, 0.2) is 34.7 Å². The molecule has 106 valence electrons. The van der Waals surface area contributed by atoms with Gasteiger partial charge < -0.3 is 14.5 Å². The predicted molar refractivity (Wildman–Crippen MR) is 75.1 cm³/mol. The molecule has 0 saturated heterocycles. The number of furan rings is 1. The van der Waals surface area contributed by atoms with Crippen LogP contribution in [-0.2, 0) is 13.0 Å². The number of nitrogens with one attached hydrogen (secondary N) is 1. The molecule has 0 atom stereocenters. The summed E-state index contributed by atoms with van der Waals surface area (Å²) in [6.45, 7) is 2.40. The maximum Gasteiger partial charge on any atom is 0.296 e. The Balaban J connectivity index is 2.14. The zero-order valence-electron chi connectivity index (χ0n) is 11.4. The SMILES string of the molecule is CCc1ccc(CNc2ccc(OC)cc2[N+](=O)[O-])o1. The van der Waals surface area contributed by atoms with E-state index in [9.17, 15) is 10.1 Å². The molecule has 6 nitrogen and oxygen atoms in total. The van der Waals surface area contributed by atoms with Crippen molar-refractivity contribution in [1.29, 1.82) is 0 Å². The number of hydrogen-bond donors (Lipinski definition) is 1. The Morgan fingerprint density at radius 2 is 2.05 bits per heavy atom. The van der Waals surface area contributed by atoms with Crippen molar-refractivity contribution in [2.75, 3.05) is 12.4 Å². The van der Waals surface area contributed by atoms with E-state index >= 15 is 0 Å². The van der Waals surface area contributed by atoms with E-state index in [0.717, 1.165) is 17.9 Å². The molecule has 0 radical (unpaired) electrons. The fourth-order valence-electron chi connectivity index (χ4n) is 1.83. The average molecular weight is 276 g/mol. The first-order chi connectivity index (χ1) is 9.63. The highest BCUT2D eigenvalue weighted by molar-refractivity contribution is 5.63. The van der Waals surface area contributed by atoms with Gasteiger partial charge in [-0.2, -0.15) is 0 Å². The van der Waals surface area contributed by atoms with Gasteiger partial charge in [0.05, 0.1) is 24.6 Å². The van der Waals surface area contributed by atoms with Crippen LogP contribution in [0.25, 0.3) is 0 Å². The van der Waals surface area contributed by atoms with Gasteiger partial charge >= 0.3 is 0 Å². The Kier molecular flexibility index (Phi) is 4.24. The van der Waals surface area contributed by atoms with Crippen LogP contribution in [0.2, 0.25) is 0 Å². The van der Waals surface area contributed by atoms with Gasteiger partial charge in [0.25, 0.3) is 5.69 Å². The molecule has 1 N–H and O–H groups in total. The number of anilines is 1. The molecule has 0 saturated carbocycles. The lowest BCUT2D eigenvalue weighted by Crippen LogP contribution is -2.02. The Labute approximate surface area is 116 Å². The highest BCUT2D eigenvalue weighted by atomic mass is 16.6. The summed E-state index contributed by atoms with van der Waals surface area (Å²) in [5.74, 6) is 2.09. The minimum atomic E-state index is -0.440. The molecule has 0 aliphatic rings. The molecule has 0 spiro atoms. The van der Waals surface area contributed by atoms with Gasteiger partial charge in [-0.25, -0.2) is 0 Å². The average Bonchev–Trinajstić information content (AvgIpc) is 2.92. The molecule has 1 aromatic carbocycles. The third-order valence-corrected chi connectivity index (χ3v) is 2.92. The predicted octanol–water partition coefficient (Wildman–Crippen LogP) is 3.37. The second-order valence-corrected chi connectivity index (χ2v) is 4.22. The smallest absolute Gasteiger partial charge is 0.296 e. The first-order valence-corrected chi connectivity index (χ1v) is 6.28. The van der Waals surface area contributed by atoms with Gasteiger partial charge in [0, 0.05) is 6.42 Å². The number of benzene rings is 1. The monoisotopic (exact) mass is 276 g/mol. The summed E-state index contributed by atoms with van der Waals surface area (Å²) in [5.41, 5.74) is 0.414. The van der Waals surface area contributed by atoms with E-state index in [1.165, 1.54) is 13.2 Å². The minimum Gasteiger partial charge on any atom is -0.496 e. The van der Waals surface area contributed by atoms with E-state index in [1.807, 2.05) is 19.1 Å². The number of aryl methyl sites for hydroxylation is 1. The number of ether oxygens (including phenoxy) is 1. The minimum absolute atomic E-state index is 0.0216. The van der Waals surface area contributed by atoms with Crippen LogP contribution in [0, 0.1) is 10.1 Å². The van der Waals surface area contributed by atoms with E-state index in [4.69, 9.17) is 9.15 Å². The topological polar surface area (TPSA) is 77.5 Å². The van der Waals surface area contributed by atoms with E-state index < -0.39 is 4.92 Å². The maximum absolute atomic E-state index is 11.0. The first-order valence-electron chi connectivity index (χ1n) is 6.28. The summed E-state index contributed by atoms with van der Waals surface area (Å²) < 4.78 is 10.5. The summed E-state index contributed by atoms with van der Waals surface area (Å²) in [7, 11) is 1.47. The summed E-state index contributed by atoms with van der Waals surface area (Å²) in [6, 6.07) is 8.46. The van der Waals surface area contributed by atoms with Crippen molar-refractivity contribution in [2.45, 2.75) is 19.9 Å². The normalized spacial score (nSPS) is 10.3. The second kappa shape index (κ2) is 6.10. The fourth-order valence-corrected chi connectivity index (χ4v) is 1.83. The molecule has 2 rings (SSSR count). The van der Waals surface area contributed by atoms with Crippen LogP contribution in [0.4, 0.5) is 11.4 Å². The zero-order valence-corrected chi connectivity index (χ0v) is 11.4. The van der Waals surface area contributed by atoms with Crippen LogP contribution in [0.1, 0.15) is 18.4 Å². The summed E-state index contributed by atoms with van der Waals surface area (Å²) in [5, 5.41) is 14.0. The standard InChI is InChI=1S/C14H16N2O4/c1-3-10-4-5-12(20-10)9-15-13-7-6-11(19-2)8-14(13)16(17)18/h4-8,15H,3,9H2,1-2H3. The first kappa shape index (κ1) is 13.9. The van der Waals surface area contributed by atoms with Crippen LogP contribution in [-0.4, -0.2) is 12.0 Å². The molecule has 0 bridgehead atoms. The number of nitro groups is 1. The largest absolute Gasteiger partial charge is 0.496 e. The lowest BCUT2D eigenvalue weighted by atomic mass is 10.2. The van der Waals surface area contributed by atoms with Gasteiger partial charge in [0.1, 0.15) is 23.0 Å². The molecule has 6 heteroatoms. The third-order valence-electron chi connectivity index (χ3n) is 2.92. The van der Waals surface area contributed by atoms with Crippen molar-refractivity contribution in [3.05, 3.63) is 52.0 Å². The quantitative estimate of drug-likeness (QED) is 0.646. The molecule has 0 fully saturated rings. The third kappa shape index (κ3) is 3.09. The highest BCUT2D eigenvalue weighted by Crippen LogP contribution is 2.29. The molecule has 1 aromatic heterocycles. The molecular weight excluding hydrogens is 260 g/mol. The van der Waals surface area contributed by atoms with Crippen molar-refractivity contribution >= 4 is 11.4 Å². The Morgan fingerprint density at radius 3 is 2.65 bits per heavy atom. The Morgan fingerprint density at radius 1 is 1.30 bits per heavy atom. The number of hydrogen-bond acceptors (Lipinski definition) is 5. The van der Waals surface area contributed by atoms with E-state index in [1.54, 1.807) is 12.1 Å². The van der Waals surface area contributed by atoms with Crippen LogP contribution in [0.5, 0.6) is 5.75 Å². The summed E-state index contributed by atoms with van der Waals surface area (Å²) in [4.78, 5) is 10.6. The van der Waals surface area contributed by atoms with Gasteiger partial charge in [0.2, 0.25) is 0 Å². The highest BCUT2D eigenvalue weighted by Gasteiger charge is 2.15. The molecule has 0 amide bonds. The Hall–Kier alpha value is -2.50. The number of nitro benzene ring substituents is 1. The molecule has 2 aromatic rings. The number of nitrogens with zero attached hydrogens (tertiary/aromatic N) is 1. The van der Waals surface area contributed by atoms with Crippen molar-refractivity contribution in [2.24, 2.45) is 0 Å². The van der Waals surface area contributed by atoms with Crippen molar-refractivity contribution in [1.82, 2.24) is 0 Å². The summed E-state index contributed by atoms with van der Waals surface area (Å²) >= 11 is 0. The second-order valence-electron chi connectivity index (χ2n) is 4.22. The van der Waals surface area contributed by atoms with Crippen molar-refractivity contribution in [3.63, 3.8) is 0 Å². The Bertz CT molecular complexity index is 607. The summed E-state index contributed by atoms with van der Waals surface area (Å²) in [6.07, 6.45) is 0.822. The lowest BCUT2D eigenvalue weighted by Gasteiger charge is -2.07. The van der Waals surface area contributed by atoms with Gasteiger partial charge in [-0.1, -0.05) is 6.92 Å². The van der Waals surface area contributed by atoms with Gasteiger partial charge in [-0.05, 0) is 24.3 Å². The lowest BCUT2D eigenvalue weighted by molar-refractivity contribution is -0.384. The number of methoxy groups -OCH3 is 1. The zero-order chi connectivity index (χ0) is 14.5. The van der Waals surface area contributed by atoms with Crippen LogP contribution >= 0.6 is 0 Å². The van der Waals surface area contributed by atoms with Crippen molar-refractivity contribution < 1.29 is 14.1 Å². The van der Waals surface area contributed by atoms with Crippen LogP contribution in [0.3, 0.4) is 0 Å². The van der Waals surface area contributed by atoms with E-state index in [-0.39, 0.29) is 5.69 Å². The molecule has 0 aliphatic heterocycles. The molecular formula is C14H16N2O4. The molecule has 1 heterocycles. The molecule has 0 aliphatic carbocycles. The van der Waals surface area contributed by atoms with E-state index in [0.29, 0.717) is 18.0 Å².